The van der Waals surface area contributed by atoms with Crippen molar-refractivity contribution in [1.29, 1.82) is 0 Å². The lowest BCUT2D eigenvalue weighted by molar-refractivity contribution is 0.796. The van der Waals surface area contributed by atoms with Crippen LogP contribution in [0.1, 0.15) is 6.92 Å². The zero-order chi connectivity index (χ0) is 35.0. The van der Waals surface area contributed by atoms with Crippen LogP contribution in [-0.2, 0) is 6.54 Å². The zero-order valence-electron chi connectivity index (χ0n) is 29.3. The second-order valence-electron chi connectivity index (χ2n) is 14.1. The van der Waals surface area contributed by atoms with E-state index in [4.69, 9.17) is 4.98 Å². The summed E-state index contributed by atoms with van der Waals surface area (Å²) in [6, 6.07) is 64.9. The van der Waals surface area contributed by atoms with Crippen LogP contribution in [0.25, 0.3) is 109 Å². The Kier molecular flexibility index (Phi) is 6.56. The Bertz CT molecular complexity index is 3260. The molecule has 0 aliphatic rings. The third-order valence-corrected chi connectivity index (χ3v) is 11.3. The van der Waals surface area contributed by atoms with Crippen molar-refractivity contribution in [3.05, 3.63) is 176 Å². The molecule has 0 spiro atoms. The first kappa shape index (κ1) is 29.9. The van der Waals surface area contributed by atoms with Gasteiger partial charge in [-0.25, -0.2) is 4.98 Å². The molecular weight excluding hydrogens is 641 g/mol. The van der Waals surface area contributed by atoms with Gasteiger partial charge < -0.3 is 4.57 Å². The quantitative estimate of drug-likeness (QED) is 0.170. The number of benzene rings is 9. The van der Waals surface area contributed by atoms with Crippen LogP contribution < -0.4 is 0 Å². The fourth-order valence-electron chi connectivity index (χ4n) is 8.96. The Balaban J connectivity index is 1.13. The van der Waals surface area contributed by atoms with Crippen molar-refractivity contribution in [3.8, 4) is 33.6 Å². The van der Waals surface area contributed by atoms with E-state index in [-0.39, 0.29) is 0 Å². The lowest BCUT2D eigenvalue weighted by Gasteiger charge is -2.17. The number of imidazole rings is 1. The van der Waals surface area contributed by atoms with E-state index >= 15 is 0 Å². The molecule has 53 heavy (non-hydrogen) atoms. The Morgan fingerprint density at radius 2 is 0.925 bits per heavy atom. The van der Waals surface area contributed by atoms with Crippen LogP contribution in [0, 0.1) is 0 Å². The molecule has 2 nitrogen and oxygen atoms in total. The highest BCUT2D eigenvalue weighted by Gasteiger charge is 2.17. The molecule has 0 aliphatic carbocycles. The maximum absolute atomic E-state index is 5.01. The van der Waals surface area contributed by atoms with E-state index < -0.39 is 0 Å². The van der Waals surface area contributed by atoms with Gasteiger partial charge >= 0.3 is 0 Å². The summed E-state index contributed by atoms with van der Waals surface area (Å²) in [4.78, 5) is 5.01. The van der Waals surface area contributed by atoms with Gasteiger partial charge in [0, 0.05) is 12.1 Å². The molecule has 0 atom stereocenters. The van der Waals surface area contributed by atoms with Crippen LogP contribution in [0.4, 0.5) is 0 Å². The van der Waals surface area contributed by atoms with Gasteiger partial charge in [-0.3, -0.25) is 0 Å². The normalized spacial score (nSPS) is 11.9. The van der Waals surface area contributed by atoms with Crippen molar-refractivity contribution in [3.63, 3.8) is 0 Å². The number of aryl methyl sites for hydroxylation is 1. The second-order valence-corrected chi connectivity index (χ2v) is 14.1. The van der Waals surface area contributed by atoms with E-state index in [1.807, 2.05) is 0 Å². The van der Waals surface area contributed by atoms with Crippen LogP contribution in [0.5, 0.6) is 0 Å². The molecule has 0 aliphatic heterocycles. The van der Waals surface area contributed by atoms with E-state index in [1.54, 1.807) is 0 Å². The summed E-state index contributed by atoms with van der Waals surface area (Å²) in [6.45, 7) is 3.06. The predicted octanol–water partition coefficient (Wildman–Crippen LogP) is 14.0. The third kappa shape index (κ3) is 4.49. The molecule has 0 amide bonds. The van der Waals surface area contributed by atoms with E-state index in [9.17, 15) is 0 Å². The first-order chi connectivity index (χ1) is 26.2. The van der Waals surface area contributed by atoms with Crippen molar-refractivity contribution in [2.45, 2.75) is 13.5 Å². The van der Waals surface area contributed by atoms with Gasteiger partial charge in [0.1, 0.15) is 5.82 Å². The molecule has 0 fully saturated rings. The molecule has 10 aromatic carbocycles. The number of nitrogens with zero attached hydrogens (tertiary/aromatic N) is 2. The number of aromatic nitrogens is 2. The number of rotatable bonds is 4. The largest absolute Gasteiger partial charge is 0.324 e. The number of fused-ring (bicyclic) bond motifs is 7. The molecule has 0 N–H and O–H groups in total. The van der Waals surface area contributed by atoms with Crippen LogP contribution in [0.3, 0.4) is 0 Å². The summed E-state index contributed by atoms with van der Waals surface area (Å²) >= 11 is 0. The standard InChI is InChI=1S/C51H34N2/c1-2-53-48-21-10-9-20-47(48)52-51(53)34-25-22-32(23-26-34)37-28-29-38(40-14-4-3-13-39(37)40)36-30-35-27-24-33-12-11-19-45-43-17-7-5-15-41(43)42-16-6-8-18-44(42)46(31-36)50(35)49(33)45/h3-31H,2H2,1H3. The lowest BCUT2D eigenvalue weighted by atomic mass is 9.87. The smallest absolute Gasteiger partial charge is 0.141 e. The number of hydrogen-bond donors (Lipinski definition) is 0. The highest BCUT2D eigenvalue weighted by Crippen LogP contribution is 2.44. The average Bonchev–Trinajstić information content (AvgIpc) is 3.61. The third-order valence-electron chi connectivity index (χ3n) is 11.3. The number of hydrogen-bond acceptors (Lipinski definition) is 1. The molecule has 0 saturated carbocycles. The first-order valence-corrected chi connectivity index (χ1v) is 18.5. The molecule has 0 bridgehead atoms. The molecule has 1 aromatic heterocycles. The monoisotopic (exact) mass is 674 g/mol. The highest BCUT2D eigenvalue weighted by molar-refractivity contribution is 6.33. The lowest BCUT2D eigenvalue weighted by Crippen LogP contribution is -1.97. The highest BCUT2D eigenvalue weighted by atomic mass is 15.1. The Labute approximate surface area is 307 Å². The van der Waals surface area contributed by atoms with E-state index in [1.165, 1.54) is 92.4 Å². The second kappa shape index (κ2) is 11.6. The van der Waals surface area contributed by atoms with Gasteiger partial charge in [0.2, 0.25) is 0 Å². The Morgan fingerprint density at radius 3 is 1.62 bits per heavy atom. The summed E-state index contributed by atoms with van der Waals surface area (Å²) in [6.07, 6.45) is 0. The van der Waals surface area contributed by atoms with Gasteiger partial charge in [-0.15, -0.1) is 0 Å². The Morgan fingerprint density at radius 1 is 0.396 bits per heavy atom. The van der Waals surface area contributed by atoms with E-state index in [2.05, 4.69) is 187 Å². The number of para-hydroxylation sites is 2. The molecule has 11 rings (SSSR count). The fraction of sp³-hybridized carbons (Fsp3) is 0.0392. The van der Waals surface area contributed by atoms with Gasteiger partial charge in [-0.1, -0.05) is 152 Å². The van der Waals surface area contributed by atoms with Crippen LogP contribution in [0.15, 0.2) is 176 Å². The van der Waals surface area contributed by atoms with Gasteiger partial charge in [-0.2, -0.15) is 0 Å². The summed E-state index contributed by atoms with van der Waals surface area (Å²) in [5, 5.41) is 15.3. The van der Waals surface area contributed by atoms with Crippen molar-refractivity contribution in [1.82, 2.24) is 9.55 Å². The predicted molar refractivity (Wildman–Crippen MR) is 227 cm³/mol. The van der Waals surface area contributed by atoms with Crippen molar-refractivity contribution < 1.29 is 0 Å². The summed E-state index contributed by atoms with van der Waals surface area (Å²) in [5.41, 5.74) is 8.23. The molecular formula is C51H34N2. The molecule has 0 radical (unpaired) electrons. The topological polar surface area (TPSA) is 17.8 Å². The van der Waals surface area contributed by atoms with Crippen molar-refractivity contribution >= 4 is 75.7 Å². The summed E-state index contributed by atoms with van der Waals surface area (Å²) in [7, 11) is 0. The minimum absolute atomic E-state index is 0.871. The van der Waals surface area contributed by atoms with Crippen molar-refractivity contribution in [2.75, 3.05) is 0 Å². The minimum atomic E-state index is 0.871. The van der Waals surface area contributed by atoms with Crippen LogP contribution in [-0.4, -0.2) is 9.55 Å². The van der Waals surface area contributed by atoms with E-state index in [0.29, 0.717) is 0 Å². The minimum Gasteiger partial charge on any atom is -0.324 e. The molecule has 248 valence electrons. The van der Waals surface area contributed by atoms with Gasteiger partial charge in [0.05, 0.1) is 11.0 Å². The van der Waals surface area contributed by atoms with Crippen molar-refractivity contribution in [2.24, 2.45) is 0 Å². The van der Waals surface area contributed by atoms with Crippen LogP contribution in [0.2, 0.25) is 0 Å². The van der Waals surface area contributed by atoms with E-state index in [0.717, 1.165) is 23.4 Å². The van der Waals surface area contributed by atoms with Crippen LogP contribution >= 0.6 is 0 Å². The maximum atomic E-state index is 5.01. The molecule has 0 saturated heterocycles. The zero-order valence-corrected chi connectivity index (χ0v) is 29.3. The fourth-order valence-corrected chi connectivity index (χ4v) is 8.96. The Hall–Kier alpha value is -6.77. The van der Waals surface area contributed by atoms with Gasteiger partial charge in [-0.05, 0) is 118 Å². The maximum Gasteiger partial charge on any atom is 0.141 e. The molecule has 11 aromatic rings. The van der Waals surface area contributed by atoms with Gasteiger partial charge in [0.15, 0.2) is 0 Å². The first-order valence-electron chi connectivity index (χ1n) is 18.5. The summed E-state index contributed by atoms with van der Waals surface area (Å²) in [5.74, 6) is 1.01. The summed E-state index contributed by atoms with van der Waals surface area (Å²) < 4.78 is 2.30. The molecule has 1 heterocycles. The molecule has 0 unspecified atom stereocenters. The molecule has 2 heteroatoms. The average molecular weight is 675 g/mol. The SMILES string of the molecule is CCn1c(-c2ccc(-c3ccc(-c4cc5ccc6cccc7c8ccccc8c8ccccc8c(c4)c5c67)c4ccccc34)cc2)nc2ccccc21. The van der Waals surface area contributed by atoms with Gasteiger partial charge in [0.25, 0.3) is 0 Å².